The monoisotopic (exact) mass is 302 g/mol. The van der Waals surface area contributed by atoms with Crippen LogP contribution in [0.4, 0.5) is 0 Å². The summed E-state index contributed by atoms with van der Waals surface area (Å²) in [4.78, 5) is 30.0. The van der Waals surface area contributed by atoms with E-state index in [1.807, 2.05) is 30.3 Å². The van der Waals surface area contributed by atoms with E-state index in [0.717, 1.165) is 5.56 Å². The van der Waals surface area contributed by atoms with Crippen LogP contribution in [0.1, 0.15) is 11.3 Å². The minimum absolute atomic E-state index is 0.0998. The Balaban J connectivity index is 1.94. The van der Waals surface area contributed by atoms with Gasteiger partial charge < -0.3 is 21.1 Å². The number of carbonyl (C=O) groups excluding carboxylic acids is 1. The fourth-order valence-corrected chi connectivity index (χ4v) is 2.05. The quantitative estimate of drug-likeness (QED) is 0.577. The van der Waals surface area contributed by atoms with E-state index in [1.165, 1.54) is 6.33 Å². The number of nitrogens with one attached hydrogen (secondary N) is 2. The van der Waals surface area contributed by atoms with Crippen LogP contribution in [0.2, 0.25) is 0 Å². The van der Waals surface area contributed by atoms with Crippen molar-refractivity contribution in [2.75, 3.05) is 0 Å². The summed E-state index contributed by atoms with van der Waals surface area (Å²) >= 11 is 0. The van der Waals surface area contributed by atoms with Crippen LogP contribution < -0.4 is 11.1 Å². The van der Waals surface area contributed by atoms with E-state index in [-0.39, 0.29) is 6.42 Å². The SMILES string of the molecule is N[C@H](Cc1ccccc1)C(=O)N[C@H](Cc1c[nH]cn1)C(=O)O. The molecular weight excluding hydrogens is 284 g/mol. The maximum Gasteiger partial charge on any atom is 0.326 e. The van der Waals surface area contributed by atoms with Gasteiger partial charge in [-0.15, -0.1) is 0 Å². The Morgan fingerprint density at radius 2 is 2.00 bits per heavy atom. The second kappa shape index (κ2) is 7.37. The second-order valence-corrected chi connectivity index (χ2v) is 4.96. The van der Waals surface area contributed by atoms with Gasteiger partial charge in [0.1, 0.15) is 6.04 Å². The van der Waals surface area contributed by atoms with Crippen molar-refractivity contribution in [1.29, 1.82) is 0 Å². The number of carbonyl (C=O) groups is 2. The third-order valence-corrected chi connectivity index (χ3v) is 3.22. The van der Waals surface area contributed by atoms with Gasteiger partial charge in [-0.2, -0.15) is 0 Å². The molecule has 0 bridgehead atoms. The third-order valence-electron chi connectivity index (χ3n) is 3.22. The highest BCUT2D eigenvalue weighted by atomic mass is 16.4. The molecule has 2 rings (SSSR count). The molecule has 0 spiro atoms. The van der Waals surface area contributed by atoms with Gasteiger partial charge in [-0.05, 0) is 12.0 Å². The van der Waals surface area contributed by atoms with Gasteiger partial charge in [0.25, 0.3) is 0 Å². The first-order chi connectivity index (χ1) is 10.6. The highest BCUT2D eigenvalue weighted by Gasteiger charge is 2.24. The Labute approximate surface area is 127 Å². The van der Waals surface area contributed by atoms with E-state index in [9.17, 15) is 14.7 Å². The molecule has 7 nitrogen and oxygen atoms in total. The zero-order valence-corrected chi connectivity index (χ0v) is 11.9. The lowest BCUT2D eigenvalue weighted by Gasteiger charge is -2.17. The fourth-order valence-electron chi connectivity index (χ4n) is 2.05. The largest absolute Gasteiger partial charge is 0.480 e. The fraction of sp³-hybridized carbons (Fsp3) is 0.267. The molecule has 0 fully saturated rings. The molecule has 116 valence electrons. The number of H-pyrrole nitrogens is 1. The number of nitrogens with zero attached hydrogens (tertiary/aromatic N) is 1. The molecule has 1 heterocycles. The summed E-state index contributed by atoms with van der Waals surface area (Å²) < 4.78 is 0. The van der Waals surface area contributed by atoms with Crippen LogP contribution in [0, 0.1) is 0 Å². The number of benzene rings is 1. The average Bonchev–Trinajstić information content (AvgIpc) is 3.00. The van der Waals surface area contributed by atoms with Crippen molar-refractivity contribution in [3.8, 4) is 0 Å². The number of aromatic amines is 1. The minimum atomic E-state index is -1.12. The molecule has 2 atom stereocenters. The number of aromatic nitrogens is 2. The normalized spacial score (nSPS) is 13.3. The highest BCUT2D eigenvalue weighted by Crippen LogP contribution is 2.03. The number of aliphatic carboxylic acids is 1. The molecule has 0 saturated heterocycles. The molecule has 0 aliphatic rings. The Morgan fingerprint density at radius 3 is 2.59 bits per heavy atom. The number of carboxylic acid groups (broad SMARTS) is 1. The zero-order valence-electron chi connectivity index (χ0n) is 11.9. The van der Waals surface area contributed by atoms with E-state index < -0.39 is 24.0 Å². The summed E-state index contributed by atoms with van der Waals surface area (Å²) in [7, 11) is 0. The molecule has 1 aromatic carbocycles. The van der Waals surface area contributed by atoms with Crippen LogP contribution in [-0.2, 0) is 22.4 Å². The lowest BCUT2D eigenvalue weighted by molar-refractivity contribution is -0.142. The van der Waals surface area contributed by atoms with Crippen LogP contribution >= 0.6 is 0 Å². The van der Waals surface area contributed by atoms with Crippen molar-refractivity contribution in [3.63, 3.8) is 0 Å². The van der Waals surface area contributed by atoms with Gasteiger partial charge in [-0.25, -0.2) is 9.78 Å². The molecular formula is C15H18N4O3. The number of hydrogen-bond acceptors (Lipinski definition) is 4. The number of imidazole rings is 1. The summed E-state index contributed by atoms with van der Waals surface area (Å²) in [5.41, 5.74) is 7.32. The van der Waals surface area contributed by atoms with Crippen molar-refractivity contribution in [2.24, 2.45) is 5.73 Å². The Kier molecular flexibility index (Phi) is 5.26. The molecule has 0 radical (unpaired) electrons. The van der Waals surface area contributed by atoms with Gasteiger partial charge in [-0.1, -0.05) is 30.3 Å². The first kappa shape index (κ1) is 15.7. The first-order valence-electron chi connectivity index (χ1n) is 6.86. The molecule has 7 heteroatoms. The number of hydrogen-bond donors (Lipinski definition) is 4. The summed E-state index contributed by atoms with van der Waals surface area (Å²) in [6.45, 7) is 0. The van der Waals surface area contributed by atoms with Crippen LogP contribution in [0.25, 0.3) is 0 Å². The molecule has 2 aromatic rings. The lowest BCUT2D eigenvalue weighted by Crippen LogP contribution is -2.50. The van der Waals surface area contributed by atoms with Crippen molar-refractivity contribution >= 4 is 11.9 Å². The van der Waals surface area contributed by atoms with Crippen molar-refractivity contribution in [2.45, 2.75) is 24.9 Å². The Morgan fingerprint density at radius 1 is 1.27 bits per heavy atom. The third kappa shape index (κ3) is 4.42. The molecule has 1 aromatic heterocycles. The van der Waals surface area contributed by atoms with Crippen LogP contribution in [0.15, 0.2) is 42.9 Å². The van der Waals surface area contributed by atoms with Crippen LogP contribution in [0.5, 0.6) is 0 Å². The first-order valence-corrected chi connectivity index (χ1v) is 6.86. The summed E-state index contributed by atoms with van der Waals surface area (Å²) in [6, 6.07) is 7.46. The van der Waals surface area contributed by atoms with Gasteiger partial charge in [0.15, 0.2) is 0 Å². The molecule has 0 aliphatic heterocycles. The van der Waals surface area contributed by atoms with Gasteiger partial charge in [0.05, 0.1) is 18.1 Å². The zero-order chi connectivity index (χ0) is 15.9. The predicted molar refractivity (Wildman–Crippen MR) is 80.0 cm³/mol. The molecule has 0 saturated carbocycles. The smallest absolute Gasteiger partial charge is 0.326 e. The van der Waals surface area contributed by atoms with Crippen molar-refractivity contribution in [1.82, 2.24) is 15.3 Å². The van der Waals surface area contributed by atoms with Crippen molar-refractivity contribution in [3.05, 3.63) is 54.1 Å². The van der Waals surface area contributed by atoms with E-state index in [4.69, 9.17) is 5.73 Å². The molecule has 1 amide bonds. The van der Waals surface area contributed by atoms with Gasteiger partial charge in [0.2, 0.25) is 5.91 Å². The van der Waals surface area contributed by atoms with E-state index in [1.54, 1.807) is 6.20 Å². The summed E-state index contributed by atoms with van der Waals surface area (Å²) in [5, 5.41) is 11.7. The summed E-state index contributed by atoms with van der Waals surface area (Å²) in [5.74, 6) is -1.62. The molecule has 0 aliphatic carbocycles. The highest BCUT2D eigenvalue weighted by molar-refractivity contribution is 5.87. The maximum atomic E-state index is 12.1. The van der Waals surface area contributed by atoms with Crippen molar-refractivity contribution < 1.29 is 14.7 Å². The van der Waals surface area contributed by atoms with E-state index in [2.05, 4.69) is 15.3 Å². The second-order valence-electron chi connectivity index (χ2n) is 4.96. The predicted octanol–water partition coefficient (Wildman–Crippen LogP) is 0.0916. The average molecular weight is 302 g/mol. The van der Waals surface area contributed by atoms with E-state index >= 15 is 0 Å². The van der Waals surface area contributed by atoms with Gasteiger partial charge in [0, 0.05) is 12.6 Å². The topological polar surface area (TPSA) is 121 Å². The maximum absolute atomic E-state index is 12.1. The summed E-state index contributed by atoms with van der Waals surface area (Å²) in [6.07, 6.45) is 3.49. The molecule has 5 N–H and O–H groups in total. The number of nitrogens with two attached hydrogens (primary N) is 1. The Hall–Kier alpha value is -2.67. The standard InChI is InChI=1S/C15H18N4O3/c16-12(6-10-4-2-1-3-5-10)14(20)19-13(15(21)22)7-11-8-17-9-18-11/h1-5,8-9,12-13H,6-7,16H2,(H,17,18)(H,19,20)(H,21,22)/t12-,13-/m1/s1. The molecule has 22 heavy (non-hydrogen) atoms. The van der Waals surface area contributed by atoms with Gasteiger partial charge >= 0.3 is 5.97 Å². The molecule has 0 unspecified atom stereocenters. The lowest BCUT2D eigenvalue weighted by atomic mass is 10.1. The van der Waals surface area contributed by atoms with E-state index in [0.29, 0.717) is 12.1 Å². The number of amides is 1. The number of rotatable bonds is 7. The van der Waals surface area contributed by atoms with Gasteiger partial charge in [-0.3, -0.25) is 4.79 Å². The Bertz CT molecular complexity index is 613. The van der Waals surface area contributed by atoms with Crippen LogP contribution in [-0.4, -0.2) is 39.0 Å². The minimum Gasteiger partial charge on any atom is -0.480 e. The van der Waals surface area contributed by atoms with Crippen LogP contribution in [0.3, 0.4) is 0 Å². The number of carboxylic acids is 1.